The van der Waals surface area contributed by atoms with Gasteiger partial charge in [-0.3, -0.25) is 45.4 Å². The molecule has 2 fully saturated rings. The highest BCUT2D eigenvalue weighted by atomic mass is 32.2. The van der Waals surface area contributed by atoms with Gasteiger partial charge in [0, 0.05) is 183 Å². The van der Waals surface area contributed by atoms with Gasteiger partial charge in [-0.15, -0.1) is 11.3 Å². The molecule has 0 spiro atoms. The van der Waals surface area contributed by atoms with Crippen molar-refractivity contribution >= 4 is 161 Å². The third kappa shape index (κ3) is 20.4. The molecule has 4 aliphatic heterocycles. The van der Waals surface area contributed by atoms with Crippen molar-refractivity contribution < 1.29 is 8.42 Å². The summed E-state index contributed by atoms with van der Waals surface area (Å²) in [6.45, 7) is 15.4. The van der Waals surface area contributed by atoms with Crippen molar-refractivity contribution in [3.05, 3.63) is 224 Å². The van der Waals surface area contributed by atoms with Crippen LogP contribution in [0.3, 0.4) is 0 Å². The molecule has 20 aromatic rings. The monoisotopic (exact) mass is 1980 g/mol. The summed E-state index contributed by atoms with van der Waals surface area (Å²) in [6, 6.07) is 10.0. The van der Waals surface area contributed by atoms with Crippen LogP contribution in [0.15, 0.2) is 183 Å². The third-order valence-electron chi connectivity index (χ3n) is 23.7. The van der Waals surface area contributed by atoms with E-state index in [2.05, 4.69) is 165 Å². The van der Waals surface area contributed by atoms with Crippen LogP contribution >= 0.6 is 57.5 Å². The van der Waals surface area contributed by atoms with Gasteiger partial charge in [-0.2, -0.15) is 43.0 Å². The average Bonchev–Trinajstić information content (AvgIpc) is 1.64. The first kappa shape index (κ1) is 92.3. The molecule has 4 aliphatic rings. The van der Waals surface area contributed by atoms with Crippen molar-refractivity contribution in [1.82, 2.24) is 164 Å². The van der Waals surface area contributed by atoms with Gasteiger partial charge in [0.05, 0.1) is 135 Å². The van der Waals surface area contributed by atoms with E-state index in [9.17, 15) is 8.42 Å². The summed E-state index contributed by atoms with van der Waals surface area (Å²) in [5.41, 5.74) is 23.7. The Labute approximate surface area is 818 Å². The molecule has 0 saturated carbocycles. The van der Waals surface area contributed by atoms with Crippen LogP contribution in [0.1, 0.15) is 95.8 Å². The standard InChI is InChI=1S/C22H26N8O2S2.C19H22N8S.C19H20N8S.C18H20N8S.C14H13N7S/c1-14-8-19(33-22(14)34(31,32)28(2)3)27-20-21-24-11-18(16-10-25-29(4)12-16)30(21)13-17(26-20)15-6-5-7-23-9-15;2*1-12-6-17(28-25-12)24-18-19-21-9-16(14-8-22-26(2)10-14)27(19)11-15(23-18)13-4-3-5-20-7-13;1-25-11-13(9-22-25)15-10-21-18-17(20-6-7-26(15)18)23-16-8-14(24-27-16)12-2-4-19-5-3-12;1-9-5-12(22-19-9)18-13-14-16-7-11(21(14)4-3-15-13)10-6-17-20(2)8-10/h6,8,10-13,23H,5,7,9H2,1-4H3,(H,26,27);6,8-11,13,20H,3-5,7H2,1-2H3,(H,23,24);4,6,8-11,20H,3,5,7H2,1-2H3,(H,23,24);6-12,19H,2-5H2,1H3,(H,20,23);3-8H,1-2H3,(H,15,18). The molecule has 20 aromatic heterocycles. The maximum Gasteiger partial charge on any atom is 0.252 e. The van der Waals surface area contributed by atoms with E-state index in [0.717, 1.165) is 241 Å². The zero-order valence-corrected chi connectivity index (χ0v) is 82.9. The summed E-state index contributed by atoms with van der Waals surface area (Å²) >= 11 is 6.94. The Bertz CT molecular complexity index is 7970. The molecular weight excluding hydrogens is 1880 g/mol. The summed E-state index contributed by atoms with van der Waals surface area (Å²) in [7, 11) is 9.06. The van der Waals surface area contributed by atoms with E-state index in [-0.39, 0.29) is 0 Å². The van der Waals surface area contributed by atoms with E-state index in [4.69, 9.17) is 15.0 Å². The van der Waals surface area contributed by atoms with Gasteiger partial charge in [-0.25, -0.2) is 62.6 Å². The molecule has 139 heavy (non-hydrogen) atoms. The Hall–Kier alpha value is -14.4. The molecule has 47 heteroatoms. The van der Waals surface area contributed by atoms with Crippen molar-refractivity contribution in [1.29, 1.82) is 0 Å². The number of fused-ring (bicyclic) bond motifs is 5. The second-order valence-electron chi connectivity index (χ2n) is 34.3. The van der Waals surface area contributed by atoms with E-state index in [0.29, 0.717) is 43.9 Å². The molecule has 712 valence electrons. The van der Waals surface area contributed by atoms with E-state index >= 15 is 0 Å². The normalized spacial score (nSPS) is 14.7. The molecule has 1 unspecified atom stereocenters. The lowest BCUT2D eigenvalue weighted by Gasteiger charge is -2.23. The van der Waals surface area contributed by atoms with Gasteiger partial charge in [0.2, 0.25) is 0 Å². The van der Waals surface area contributed by atoms with Crippen molar-refractivity contribution in [3.63, 3.8) is 0 Å². The van der Waals surface area contributed by atoms with E-state index in [1.807, 2.05) is 193 Å². The number of rotatable bonds is 21. The largest absolute Gasteiger partial charge is 0.329 e. The maximum atomic E-state index is 12.7. The third-order valence-corrected chi connectivity index (χ3v) is 30.4. The van der Waals surface area contributed by atoms with Crippen LogP contribution in [0.2, 0.25) is 0 Å². The number of anilines is 10. The van der Waals surface area contributed by atoms with Gasteiger partial charge in [-0.05, 0) is 192 Å². The van der Waals surface area contributed by atoms with E-state index in [1.165, 1.54) is 93.6 Å². The number of imidazole rings is 5. The number of hydrogen-bond acceptors (Lipinski definition) is 35. The van der Waals surface area contributed by atoms with Crippen LogP contribution in [0.5, 0.6) is 0 Å². The molecule has 0 bridgehead atoms. The summed E-state index contributed by atoms with van der Waals surface area (Å²) in [5.74, 6) is 4.43. The van der Waals surface area contributed by atoms with Crippen LogP contribution in [0.25, 0.3) is 95.7 Å². The Kier molecular flexibility index (Phi) is 26.8. The van der Waals surface area contributed by atoms with E-state index < -0.39 is 10.0 Å². The first-order valence-electron chi connectivity index (χ1n) is 45.2. The Morgan fingerprint density at radius 3 is 1.15 bits per heavy atom. The first-order valence-corrected chi connectivity index (χ1v) is 50.5. The predicted molar refractivity (Wildman–Crippen MR) is 546 cm³/mol. The van der Waals surface area contributed by atoms with Gasteiger partial charge in [0.1, 0.15) is 24.2 Å². The van der Waals surface area contributed by atoms with E-state index in [1.54, 1.807) is 55.1 Å². The minimum absolute atomic E-state index is 0.311. The van der Waals surface area contributed by atoms with Crippen molar-refractivity contribution in [2.24, 2.45) is 35.2 Å². The zero-order chi connectivity index (χ0) is 95.5. The number of hydrogen-bond donors (Lipinski definition) is 9. The molecule has 2 saturated heterocycles. The fourth-order valence-electron chi connectivity index (χ4n) is 16.8. The molecule has 24 heterocycles. The van der Waals surface area contributed by atoms with Gasteiger partial charge in [0.25, 0.3) is 10.0 Å². The lowest BCUT2D eigenvalue weighted by molar-refractivity contribution is 0.454. The number of nitrogens with one attached hydrogen (secondary N) is 9. The second-order valence-corrected chi connectivity index (χ2v) is 40.9. The lowest BCUT2D eigenvalue weighted by Crippen LogP contribution is -2.29. The number of sulfonamides is 1. The highest BCUT2D eigenvalue weighted by Crippen LogP contribution is 2.40. The van der Waals surface area contributed by atoms with Crippen LogP contribution in [0, 0.1) is 27.7 Å². The van der Waals surface area contributed by atoms with Crippen LogP contribution in [-0.2, 0) is 45.3 Å². The van der Waals surface area contributed by atoms with Gasteiger partial charge in [-0.1, -0.05) is 12.2 Å². The Morgan fingerprint density at radius 1 is 0.381 bits per heavy atom. The predicted octanol–water partition coefficient (Wildman–Crippen LogP) is 14.4. The number of aryl methyl sites for hydroxylation is 9. The van der Waals surface area contributed by atoms with Crippen LogP contribution < -0.4 is 47.9 Å². The minimum Gasteiger partial charge on any atom is -0.329 e. The second kappa shape index (κ2) is 40.3. The number of thiophene rings is 1. The quantitative estimate of drug-likeness (QED) is 0.0323. The SMILES string of the molecule is Cc1cc(Nc2nc(C3=CCCNC3)cn3c(-c4cnn(C)c4)cnc23)sc1S(=O)(=O)N(C)C.Cc1cc(Nc2nc(C3=CCCNC3)cn3c(-c4cnn(C)c4)cnc23)sn1.Cc1cc(Nc2nc(C3CCCNC3)cn3c(-c4cnn(C)c4)cnc23)sn1.Cc1cc(Nc2nccn3c(-c4cnn(C)c4)cnc23)sn1.Cn1cc(-c2cnc3c(Nc4cc(C5CCNCC5)ns4)nccn23)cn1. The fourth-order valence-corrected chi connectivity index (χ4v) is 22.3. The van der Waals surface area contributed by atoms with Gasteiger partial charge >= 0.3 is 0 Å². The first-order chi connectivity index (χ1) is 67.6. The number of piperidine rings is 2. The summed E-state index contributed by atoms with van der Waals surface area (Å²) in [4.78, 5) is 46.6. The maximum absolute atomic E-state index is 12.7. The Morgan fingerprint density at radius 2 is 0.770 bits per heavy atom. The van der Waals surface area contributed by atoms with Gasteiger partial charge < -0.3 is 47.9 Å². The minimum atomic E-state index is -3.53. The topological polar surface area (TPSA) is 437 Å². The molecule has 24 rings (SSSR count). The Balaban J connectivity index is 0.000000108. The van der Waals surface area contributed by atoms with Crippen LogP contribution in [0.4, 0.5) is 54.1 Å². The number of aromatic nitrogens is 29. The van der Waals surface area contributed by atoms with Gasteiger partial charge in [0.15, 0.2) is 57.3 Å². The fraction of sp³-hybridized carbons (Fsp3) is 0.293. The van der Waals surface area contributed by atoms with Crippen molar-refractivity contribution in [3.8, 4) is 56.3 Å². The molecule has 0 radical (unpaired) electrons. The highest BCUT2D eigenvalue weighted by molar-refractivity contribution is 7.91. The average molecular weight is 1980 g/mol. The molecule has 41 nitrogen and oxygen atoms in total. The van der Waals surface area contributed by atoms with Crippen molar-refractivity contribution in [2.75, 3.05) is 93.0 Å². The molecule has 0 amide bonds. The molecule has 0 aromatic carbocycles. The molecule has 9 N–H and O–H groups in total. The lowest BCUT2D eigenvalue weighted by atomic mass is 9.95. The molecule has 1 atom stereocenters. The summed E-state index contributed by atoms with van der Waals surface area (Å²) in [6.07, 6.45) is 52.8. The van der Waals surface area contributed by atoms with Crippen molar-refractivity contribution in [2.45, 2.75) is 82.3 Å². The summed E-state index contributed by atoms with van der Waals surface area (Å²) in [5, 5.41) is 56.5. The number of nitrogens with zero attached hydrogens (tertiary/aromatic N) is 30. The zero-order valence-electron chi connectivity index (χ0n) is 78.0. The summed E-state index contributed by atoms with van der Waals surface area (Å²) < 4.78 is 63.8. The smallest absolute Gasteiger partial charge is 0.252 e. The van der Waals surface area contributed by atoms with Crippen LogP contribution in [-0.4, -0.2) is 217 Å². The molecule has 0 aliphatic carbocycles. The molecular formula is C92H101N39O2S6. The highest BCUT2D eigenvalue weighted by Gasteiger charge is 2.29.